The number of ether oxygens (including phenoxy) is 2. The second-order valence-electron chi connectivity index (χ2n) is 4.64. The third-order valence-electron chi connectivity index (χ3n) is 3.02. The van der Waals surface area contributed by atoms with Gasteiger partial charge in [-0.05, 0) is 98.1 Å². The molecule has 3 aromatic rings. The molecule has 0 atom stereocenters. The Bertz CT molecular complexity index is 806. The van der Waals surface area contributed by atoms with Crippen molar-refractivity contribution in [2.75, 3.05) is 0 Å². The molecule has 116 valence electrons. The van der Waals surface area contributed by atoms with Gasteiger partial charge in [-0.15, -0.1) is 0 Å². The van der Waals surface area contributed by atoms with Gasteiger partial charge < -0.3 is 9.47 Å². The van der Waals surface area contributed by atoms with E-state index in [1.807, 2.05) is 66.7 Å². The molecule has 0 amide bonds. The molecule has 0 radical (unpaired) electrons. The lowest BCUT2D eigenvalue weighted by atomic mass is 10.3. The van der Waals surface area contributed by atoms with Gasteiger partial charge in [0, 0.05) is 3.57 Å². The maximum Gasteiger partial charge on any atom is 0.158 e. The summed E-state index contributed by atoms with van der Waals surface area (Å²) in [4.78, 5) is 0. The van der Waals surface area contributed by atoms with Crippen LogP contribution in [0.5, 0.6) is 23.0 Å². The van der Waals surface area contributed by atoms with E-state index in [4.69, 9.17) is 9.47 Å². The highest BCUT2D eigenvalue weighted by molar-refractivity contribution is 14.1. The summed E-state index contributed by atoms with van der Waals surface area (Å²) < 4.78 is 15.3. The Morgan fingerprint density at radius 3 is 1.70 bits per heavy atom. The molecule has 23 heavy (non-hydrogen) atoms. The van der Waals surface area contributed by atoms with Gasteiger partial charge in [-0.1, -0.05) is 36.4 Å². The van der Waals surface area contributed by atoms with E-state index in [2.05, 4.69) is 67.8 Å². The zero-order valence-electron chi connectivity index (χ0n) is 11.8. The molecule has 0 saturated carbocycles. The predicted octanol–water partition coefficient (Wildman–Crippen LogP) is 7.09. The van der Waals surface area contributed by atoms with E-state index in [1.165, 1.54) is 0 Å². The highest BCUT2D eigenvalue weighted by atomic mass is 127. The van der Waals surface area contributed by atoms with Crippen molar-refractivity contribution in [3.63, 3.8) is 0 Å². The standard InChI is InChI=1S/C18H11I3O2/c19-14-11-15(22-12-7-3-1-4-8-12)17(21)18(16(14)20)23-13-9-5-2-6-10-13/h1-11H. The molecule has 0 aliphatic rings. The molecule has 0 heterocycles. The van der Waals surface area contributed by atoms with Crippen molar-refractivity contribution in [1.82, 2.24) is 0 Å². The average Bonchev–Trinajstić information content (AvgIpc) is 2.58. The van der Waals surface area contributed by atoms with Gasteiger partial charge in [0.2, 0.25) is 0 Å². The minimum atomic E-state index is 0.799. The minimum Gasteiger partial charge on any atom is -0.456 e. The fraction of sp³-hybridized carbons (Fsp3) is 0. The summed E-state index contributed by atoms with van der Waals surface area (Å²) in [6.45, 7) is 0. The molecule has 0 aliphatic carbocycles. The predicted molar refractivity (Wildman–Crippen MR) is 118 cm³/mol. The molecule has 0 bridgehead atoms. The van der Waals surface area contributed by atoms with Crippen molar-refractivity contribution >= 4 is 67.8 Å². The molecule has 0 saturated heterocycles. The van der Waals surface area contributed by atoms with Gasteiger partial charge in [-0.3, -0.25) is 0 Å². The van der Waals surface area contributed by atoms with E-state index in [-0.39, 0.29) is 0 Å². The molecular formula is C18H11I3O2. The Labute approximate surface area is 176 Å². The van der Waals surface area contributed by atoms with Crippen molar-refractivity contribution in [3.05, 3.63) is 77.4 Å². The summed E-state index contributed by atoms with van der Waals surface area (Å²) in [5, 5.41) is 0. The zero-order valence-corrected chi connectivity index (χ0v) is 18.3. The van der Waals surface area contributed by atoms with Gasteiger partial charge >= 0.3 is 0 Å². The SMILES string of the molecule is Ic1cc(Oc2ccccc2)c(I)c(Oc2ccccc2)c1I. The molecule has 0 aliphatic heterocycles. The average molecular weight is 640 g/mol. The molecule has 0 unspecified atom stereocenters. The zero-order chi connectivity index (χ0) is 16.2. The fourth-order valence-corrected chi connectivity index (χ4v) is 4.17. The number of hydrogen-bond donors (Lipinski definition) is 0. The Morgan fingerprint density at radius 2 is 1.13 bits per heavy atom. The first-order valence-electron chi connectivity index (χ1n) is 6.78. The Kier molecular flexibility index (Phi) is 6.02. The Balaban J connectivity index is 1.99. The Hall–Kier alpha value is -0.550. The van der Waals surface area contributed by atoms with Gasteiger partial charge in [0.15, 0.2) is 5.75 Å². The molecule has 3 aromatic carbocycles. The van der Waals surface area contributed by atoms with Crippen LogP contribution in [0.15, 0.2) is 66.7 Å². The van der Waals surface area contributed by atoms with Gasteiger partial charge in [0.25, 0.3) is 0 Å². The van der Waals surface area contributed by atoms with E-state index in [0.29, 0.717) is 0 Å². The third-order valence-corrected chi connectivity index (χ3v) is 6.99. The van der Waals surface area contributed by atoms with Crippen molar-refractivity contribution in [2.45, 2.75) is 0 Å². The van der Waals surface area contributed by atoms with Crippen LogP contribution < -0.4 is 9.47 Å². The van der Waals surface area contributed by atoms with Gasteiger partial charge in [-0.25, -0.2) is 0 Å². The first kappa shape index (κ1) is 17.3. The van der Waals surface area contributed by atoms with Crippen LogP contribution >= 0.6 is 67.8 Å². The first-order valence-corrected chi connectivity index (χ1v) is 10.0. The second kappa shape index (κ2) is 8.02. The highest BCUT2D eigenvalue weighted by Crippen LogP contribution is 2.41. The minimum absolute atomic E-state index is 0.799. The van der Waals surface area contributed by atoms with Crippen LogP contribution in [0.2, 0.25) is 0 Å². The molecule has 5 heteroatoms. The monoisotopic (exact) mass is 640 g/mol. The van der Waals surface area contributed by atoms with Gasteiger partial charge in [0.1, 0.15) is 17.2 Å². The molecular weight excluding hydrogens is 629 g/mol. The van der Waals surface area contributed by atoms with Crippen LogP contribution in [0.4, 0.5) is 0 Å². The quantitative estimate of drug-likeness (QED) is 0.224. The summed E-state index contributed by atoms with van der Waals surface area (Å²) >= 11 is 6.90. The van der Waals surface area contributed by atoms with Gasteiger partial charge in [0.05, 0.1) is 7.14 Å². The highest BCUT2D eigenvalue weighted by Gasteiger charge is 2.17. The topological polar surface area (TPSA) is 18.5 Å². The Morgan fingerprint density at radius 1 is 0.609 bits per heavy atom. The molecule has 2 nitrogen and oxygen atoms in total. The molecule has 3 rings (SSSR count). The van der Waals surface area contributed by atoms with Crippen LogP contribution in [0.3, 0.4) is 0 Å². The number of benzene rings is 3. The van der Waals surface area contributed by atoms with Crippen LogP contribution in [0, 0.1) is 10.7 Å². The van der Waals surface area contributed by atoms with Crippen molar-refractivity contribution in [1.29, 1.82) is 0 Å². The first-order chi connectivity index (χ1) is 11.1. The molecule has 0 N–H and O–H groups in total. The smallest absolute Gasteiger partial charge is 0.158 e. The van der Waals surface area contributed by atoms with Crippen molar-refractivity contribution in [2.24, 2.45) is 0 Å². The van der Waals surface area contributed by atoms with E-state index in [1.54, 1.807) is 0 Å². The summed E-state index contributed by atoms with van der Waals surface area (Å²) in [6, 6.07) is 21.6. The van der Waals surface area contributed by atoms with Crippen LogP contribution in [0.1, 0.15) is 0 Å². The fourth-order valence-electron chi connectivity index (χ4n) is 1.94. The number of hydrogen-bond acceptors (Lipinski definition) is 2. The lowest BCUT2D eigenvalue weighted by Gasteiger charge is -2.15. The lowest BCUT2D eigenvalue weighted by molar-refractivity contribution is 0.451. The van der Waals surface area contributed by atoms with Crippen LogP contribution in [0.25, 0.3) is 0 Å². The number of halogens is 3. The second-order valence-corrected chi connectivity index (χ2v) is 7.96. The summed E-state index contributed by atoms with van der Waals surface area (Å²) in [5.74, 6) is 3.26. The maximum absolute atomic E-state index is 6.10. The van der Waals surface area contributed by atoms with E-state index in [0.717, 1.165) is 33.7 Å². The van der Waals surface area contributed by atoms with E-state index in [9.17, 15) is 0 Å². The molecule has 0 aromatic heterocycles. The van der Waals surface area contributed by atoms with Gasteiger partial charge in [-0.2, -0.15) is 0 Å². The lowest BCUT2D eigenvalue weighted by Crippen LogP contribution is -1.97. The third kappa shape index (κ3) is 4.30. The van der Waals surface area contributed by atoms with E-state index < -0.39 is 0 Å². The van der Waals surface area contributed by atoms with Crippen LogP contribution in [-0.2, 0) is 0 Å². The maximum atomic E-state index is 6.10. The van der Waals surface area contributed by atoms with Crippen molar-refractivity contribution in [3.8, 4) is 23.0 Å². The number of rotatable bonds is 4. The molecule has 0 fully saturated rings. The largest absolute Gasteiger partial charge is 0.456 e. The van der Waals surface area contributed by atoms with Crippen molar-refractivity contribution < 1.29 is 9.47 Å². The van der Waals surface area contributed by atoms with E-state index >= 15 is 0 Å². The normalized spacial score (nSPS) is 10.4. The summed E-state index contributed by atoms with van der Waals surface area (Å²) in [7, 11) is 0. The van der Waals surface area contributed by atoms with Crippen LogP contribution in [-0.4, -0.2) is 0 Å². The molecule has 0 spiro atoms. The summed E-state index contributed by atoms with van der Waals surface area (Å²) in [6.07, 6.45) is 0. The number of para-hydroxylation sites is 2. The summed E-state index contributed by atoms with van der Waals surface area (Å²) in [5.41, 5.74) is 0.